The number of amides is 1. The van der Waals surface area contributed by atoms with Gasteiger partial charge in [-0.05, 0) is 92.9 Å². The summed E-state index contributed by atoms with van der Waals surface area (Å²) in [4.78, 5) is 31.8. The lowest BCUT2D eigenvalue weighted by atomic mass is 9.49. The van der Waals surface area contributed by atoms with E-state index in [1.807, 2.05) is 67.7 Å². The number of carbonyl (C=O) groups is 1. The molecule has 3 aliphatic rings. The van der Waals surface area contributed by atoms with E-state index in [0.29, 0.717) is 81.0 Å². The van der Waals surface area contributed by atoms with Crippen molar-refractivity contribution in [2.24, 2.45) is 23.8 Å². The maximum atomic E-state index is 13.6. The van der Waals surface area contributed by atoms with Gasteiger partial charge in [0.05, 0.1) is 29.2 Å². The van der Waals surface area contributed by atoms with Crippen LogP contribution in [0.1, 0.15) is 71.2 Å². The van der Waals surface area contributed by atoms with Crippen molar-refractivity contribution in [3.8, 4) is 22.6 Å². The average Bonchev–Trinajstić information content (AvgIpc) is 3.82. The number of aryl methyl sites for hydroxylation is 1. The number of piperidine rings is 1. The third-order valence-corrected chi connectivity index (χ3v) is 15.3. The fraction of sp³-hybridized carbons (Fsp3) is 0.423. The van der Waals surface area contributed by atoms with Crippen molar-refractivity contribution in [3.05, 3.63) is 124 Å². The van der Waals surface area contributed by atoms with Crippen molar-refractivity contribution < 1.29 is 32.2 Å². The average molecular weight is 968 g/mol. The number of nitrogens with zero attached hydrogens (tertiary/aromatic N) is 2. The van der Waals surface area contributed by atoms with Gasteiger partial charge in [-0.1, -0.05) is 46.2 Å². The number of aromatic amines is 1. The normalized spacial score (nSPS) is 20.2. The van der Waals surface area contributed by atoms with Crippen LogP contribution < -0.4 is 35.3 Å². The topological polar surface area (TPSA) is 165 Å². The summed E-state index contributed by atoms with van der Waals surface area (Å²) in [6, 6.07) is 20.4. The van der Waals surface area contributed by atoms with Crippen LogP contribution in [0.15, 0.2) is 108 Å². The number of fused-ring (bicyclic) bond motifs is 1. The van der Waals surface area contributed by atoms with Crippen molar-refractivity contribution in [2.75, 3.05) is 54.0 Å². The van der Waals surface area contributed by atoms with Crippen LogP contribution in [0.25, 0.3) is 22.0 Å². The number of anilines is 3. The summed E-state index contributed by atoms with van der Waals surface area (Å²) in [7, 11) is -0.0335. The number of benzene rings is 3. The summed E-state index contributed by atoms with van der Waals surface area (Å²) in [5.41, 5.74) is 3.90. The molecular formula is C52H63ClN6O8S. The molecule has 4 N–H and O–H groups in total. The fourth-order valence-electron chi connectivity index (χ4n) is 10.1. The molecule has 2 fully saturated rings. The molecule has 14 nitrogen and oxygen atoms in total. The molecule has 3 heterocycles. The lowest BCUT2D eigenvalue weighted by molar-refractivity contribution is -0.164. The molecule has 1 aliphatic heterocycles. The number of H-pyrrole nitrogens is 1. The molecule has 1 atom stereocenters. The Morgan fingerprint density at radius 1 is 0.956 bits per heavy atom. The quantitative estimate of drug-likeness (QED) is 0.0660. The standard InChI is InChI=1S/C52H63ClN6O8S/c1-9-68(62,63)57-34-13-19-44(40(28-34)41-31-58(8)48(61)46-39(41)20-23-55-46)67-45-30-37(16-10-32(45)2)65-27-26-64-36-21-24-59(25-22-36)35-14-11-33(12-15-35)47(60)56-49-51(3,4)50(52(49,5)6)66-38-17-18-43(54-7)42(53)29-38/h11-20,23,28-32,36,49-50,54-55,57H,9-10,21-22,24-27H2,1-8H3,(H,56,60). The molecule has 362 valence electrons. The van der Waals surface area contributed by atoms with E-state index < -0.39 is 10.0 Å². The van der Waals surface area contributed by atoms with Crippen LogP contribution in [0.3, 0.4) is 0 Å². The number of ether oxygens (including phenoxy) is 4. The fourth-order valence-corrected chi connectivity index (χ4v) is 11.0. The Balaban J connectivity index is 0.819. The highest BCUT2D eigenvalue weighted by Crippen LogP contribution is 2.56. The first-order valence-corrected chi connectivity index (χ1v) is 25.4. The molecule has 5 aromatic rings. The first kappa shape index (κ1) is 48.6. The smallest absolute Gasteiger partial charge is 0.274 e. The van der Waals surface area contributed by atoms with Gasteiger partial charge in [-0.15, -0.1) is 0 Å². The molecule has 2 aliphatic carbocycles. The lowest BCUT2D eigenvalue weighted by Gasteiger charge is -2.63. The van der Waals surface area contributed by atoms with Crippen molar-refractivity contribution in [1.82, 2.24) is 14.9 Å². The molecule has 0 bridgehead atoms. The minimum Gasteiger partial charge on any atom is -0.491 e. The highest BCUT2D eigenvalue weighted by molar-refractivity contribution is 7.92. The van der Waals surface area contributed by atoms with Crippen molar-refractivity contribution in [3.63, 3.8) is 0 Å². The summed E-state index contributed by atoms with van der Waals surface area (Å²) in [6.07, 6.45) is 9.81. The SMILES string of the molecule is CCS(=O)(=O)Nc1ccc(OC2=CC(OCCOC3CCN(c4ccc(C(=O)NC5C(C)(C)C(Oc6ccc(NC)c(Cl)c6)C5(C)C)cc4)CC3)=CCC2C)c(-c2cn(C)c(=O)c3[nH]ccc23)c1. The Morgan fingerprint density at radius 3 is 2.38 bits per heavy atom. The first-order valence-electron chi connectivity index (χ1n) is 23.3. The van der Waals surface area contributed by atoms with E-state index in [4.69, 9.17) is 30.5 Å². The second-order valence-corrected chi connectivity index (χ2v) is 21.6. The van der Waals surface area contributed by atoms with Crippen molar-refractivity contribution in [1.29, 1.82) is 0 Å². The number of carbonyl (C=O) groups excluding carboxylic acids is 1. The lowest BCUT2D eigenvalue weighted by Crippen LogP contribution is -2.74. The van der Waals surface area contributed by atoms with E-state index in [0.717, 1.165) is 37.3 Å². The zero-order chi connectivity index (χ0) is 48.5. The number of pyridine rings is 1. The number of nitrogens with one attached hydrogen (secondary N) is 4. The Labute approximate surface area is 404 Å². The van der Waals surface area contributed by atoms with E-state index in [1.54, 1.807) is 44.6 Å². The van der Waals surface area contributed by atoms with Gasteiger partial charge in [-0.25, -0.2) is 8.42 Å². The van der Waals surface area contributed by atoms with Gasteiger partial charge in [0.25, 0.3) is 11.5 Å². The summed E-state index contributed by atoms with van der Waals surface area (Å²) in [5.74, 6) is 2.47. The number of hydrogen-bond donors (Lipinski definition) is 4. The van der Waals surface area contributed by atoms with Crippen molar-refractivity contribution in [2.45, 2.75) is 79.1 Å². The summed E-state index contributed by atoms with van der Waals surface area (Å²) in [6.45, 7) is 14.6. The number of aromatic nitrogens is 2. The largest absolute Gasteiger partial charge is 0.491 e. The molecule has 1 saturated heterocycles. The van der Waals surface area contributed by atoms with Gasteiger partial charge in [-0.3, -0.25) is 14.3 Å². The number of rotatable bonds is 17. The Morgan fingerprint density at radius 2 is 1.69 bits per heavy atom. The summed E-state index contributed by atoms with van der Waals surface area (Å²) < 4.78 is 54.7. The van der Waals surface area contributed by atoms with Crippen LogP contribution in [0.4, 0.5) is 17.1 Å². The minimum atomic E-state index is -3.54. The molecule has 16 heteroatoms. The molecule has 1 unspecified atom stereocenters. The van der Waals surface area contributed by atoms with E-state index in [9.17, 15) is 18.0 Å². The summed E-state index contributed by atoms with van der Waals surface area (Å²) in [5, 5.41) is 7.68. The third-order valence-electron chi connectivity index (χ3n) is 13.7. The van der Waals surface area contributed by atoms with Crippen LogP contribution >= 0.6 is 11.6 Å². The number of hydrogen-bond acceptors (Lipinski definition) is 10. The van der Waals surface area contributed by atoms with Crippen molar-refractivity contribution >= 4 is 55.5 Å². The monoisotopic (exact) mass is 966 g/mol. The Bertz CT molecular complexity index is 2880. The molecule has 68 heavy (non-hydrogen) atoms. The van der Waals surface area contributed by atoms with Gasteiger partial charge in [0, 0.05) is 108 Å². The number of halogens is 1. The second kappa shape index (κ2) is 19.6. The molecule has 8 rings (SSSR count). The van der Waals surface area contributed by atoms with E-state index >= 15 is 0 Å². The van der Waals surface area contributed by atoms with Crippen LogP contribution in [-0.2, 0) is 26.5 Å². The van der Waals surface area contributed by atoms with E-state index in [1.165, 1.54) is 4.57 Å². The molecular weight excluding hydrogens is 904 g/mol. The molecule has 1 amide bonds. The van der Waals surface area contributed by atoms with Crippen LogP contribution in [-0.4, -0.2) is 81.2 Å². The molecule has 1 saturated carbocycles. The molecule has 0 radical (unpaired) electrons. The Kier molecular flexibility index (Phi) is 14.0. The Hall–Kier alpha value is -5.90. The van der Waals surface area contributed by atoms with Crippen LogP contribution in [0, 0.1) is 16.7 Å². The maximum Gasteiger partial charge on any atom is 0.274 e. The highest BCUT2D eigenvalue weighted by Gasteiger charge is 2.64. The van der Waals surface area contributed by atoms with Gasteiger partial charge < -0.3 is 44.0 Å². The summed E-state index contributed by atoms with van der Waals surface area (Å²) >= 11 is 6.42. The third kappa shape index (κ3) is 10.1. The van der Waals surface area contributed by atoms with Gasteiger partial charge in [0.2, 0.25) is 10.0 Å². The predicted molar refractivity (Wildman–Crippen MR) is 270 cm³/mol. The predicted octanol–water partition coefficient (Wildman–Crippen LogP) is 9.49. The first-order chi connectivity index (χ1) is 32.4. The number of allylic oxidation sites excluding steroid dienone is 3. The van der Waals surface area contributed by atoms with Gasteiger partial charge in [0.1, 0.15) is 41.2 Å². The maximum absolute atomic E-state index is 13.6. The molecule has 3 aromatic carbocycles. The van der Waals surface area contributed by atoms with E-state index in [2.05, 4.69) is 59.9 Å². The van der Waals surface area contributed by atoms with Crippen LogP contribution in [0.5, 0.6) is 11.5 Å². The molecule has 0 spiro atoms. The van der Waals surface area contributed by atoms with Gasteiger partial charge in [0.15, 0.2) is 0 Å². The number of sulfonamides is 1. The zero-order valence-corrected chi connectivity index (χ0v) is 41.6. The zero-order valence-electron chi connectivity index (χ0n) is 40.1. The van der Waals surface area contributed by atoms with Gasteiger partial charge >= 0.3 is 0 Å². The minimum absolute atomic E-state index is 0.0471. The van der Waals surface area contributed by atoms with E-state index in [-0.39, 0.29) is 52.2 Å². The second-order valence-electron chi connectivity index (χ2n) is 19.2. The van der Waals surface area contributed by atoms with Crippen LogP contribution in [0.2, 0.25) is 5.02 Å². The highest BCUT2D eigenvalue weighted by atomic mass is 35.5. The van der Waals surface area contributed by atoms with Gasteiger partial charge in [-0.2, -0.15) is 0 Å². The molecule has 2 aromatic heterocycles.